The Bertz CT molecular complexity index is 355. The third kappa shape index (κ3) is 6.55. The van der Waals surface area contributed by atoms with Crippen LogP contribution in [0.4, 0.5) is 0 Å². The number of fused-ring (bicyclic) bond motifs is 1. The van der Waals surface area contributed by atoms with Crippen molar-refractivity contribution < 1.29 is 33.3 Å². The van der Waals surface area contributed by atoms with E-state index in [4.69, 9.17) is 23.1 Å². The highest BCUT2D eigenvalue weighted by Gasteiger charge is 2.18. The number of rotatable bonds is 0. The van der Waals surface area contributed by atoms with E-state index in [1.165, 1.54) is 37.0 Å². The van der Waals surface area contributed by atoms with E-state index in [0.717, 1.165) is 12.2 Å². The third-order valence-electron chi connectivity index (χ3n) is 2.51. The van der Waals surface area contributed by atoms with Crippen LogP contribution >= 0.6 is 0 Å². The first-order valence-electron chi connectivity index (χ1n) is 5.39. The van der Waals surface area contributed by atoms with Gasteiger partial charge in [-0.1, -0.05) is 6.42 Å². The summed E-state index contributed by atoms with van der Waals surface area (Å²) in [6.45, 7) is 2.02. The molecule has 0 spiro atoms. The molecule has 1 aliphatic carbocycles. The molecule has 0 unspecified atom stereocenters. The Morgan fingerprint density at radius 3 is 2.24 bits per heavy atom. The van der Waals surface area contributed by atoms with Crippen molar-refractivity contribution in [2.75, 3.05) is 0 Å². The normalized spacial score (nSPS) is 15.4. The molecule has 0 aromatic carbocycles. The van der Waals surface area contributed by atoms with Crippen molar-refractivity contribution in [3.8, 4) is 0 Å². The van der Waals surface area contributed by atoms with Gasteiger partial charge in [0.1, 0.15) is 0 Å². The van der Waals surface area contributed by atoms with Crippen molar-refractivity contribution in [2.45, 2.75) is 39.0 Å². The summed E-state index contributed by atoms with van der Waals surface area (Å²) < 4.78 is 39.7. The second kappa shape index (κ2) is 6.28. The van der Waals surface area contributed by atoms with Gasteiger partial charge in [-0.05, 0) is 25.3 Å². The van der Waals surface area contributed by atoms with Crippen LogP contribution in [0.3, 0.4) is 0 Å². The highest BCUT2D eigenvalue weighted by Crippen LogP contribution is 2.21. The fraction of sp³-hybridized carbons (Fsp3) is 0.545. The first-order chi connectivity index (χ1) is 7.86. The molecule has 2 rings (SSSR count). The monoisotopic (exact) mass is 262 g/mol. The zero-order valence-corrected chi connectivity index (χ0v) is 10.4. The molecule has 1 heterocycles. The minimum absolute atomic E-state index is 1.04. The zero-order valence-electron chi connectivity index (χ0n) is 9.61. The number of hydrogen-bond acceptors (Lipinski definition) is 4. The average Bonchev–Trinajstić information content (AvgIpc) is 2.39. The van der Waals surface area contributed by atoms with E-state index in [1.54, 1.807) is 0 Å². The highest BCUT2D eigenvalue weighted by molar-refractivity contribution is 5.20. The van der Waals surface area contributed by atoms with Crippen LogP contribution in [-0.4, -0.2) is 0 Å². The average molecular weight is 263 g/mol. The molecule has 0 fully saturated rings. The van der Waals surface area contributed by atoms with Crippen LogP contribution in [0.2, 0.25) is 0 Å². The molecule has 1 aliphatic rings. The van der Waals surface area contributed by atoms with Gasteiger partial charge in [-0.15, -0.1) is 10.2 Å². The van der Waals surface area contributed by atoms with E-state index >= 15 is 0 Å². The lowest BCUT2D eigenvalue weighted by atomic mass is 10.1. The van der Waals surface area contributed by atoms with Gasteiger partial charge in [-0.3, -0.25) is 0 Å². The summed E-state index contributed by atoms with van der Waals surface area (Å²) in [5.41, 5.74) is 1.43. The fourth-order valence-corrected chi connectivity index (χ4v) is 1.82. The smallest absolute Gasteiger partial charge is 0.222 e. The SMILES string of the molecule is Cc1ccc2c([o+]1)CCCCC2.[O-][Cl+3]([O-])([O-])[O-]. The molecule has 96 valence electrons. The Balaban J connectivity index is 0.000000249. The van der Waals surface area contributed by atoms with E-state index in [9.17, 15) is 0 Å². The Morgan fingerprint density at radius 1 is 1.00 bits per heavy atom. The lowest BCUT2D eigenvalue weighted by molar-refractivity contribution is -2.00. The summed E-state index contributed by atoms with van der Waals surface area (Å²) in [6, 6.07) is 4.30. The van der Waals surface area contributed by atoms with Crippen molar-refractivity contribution in [1.29, 1.82) is 0 Å². The topological polar surface area (TPSA) is 104 Å². The summed E-state index contributed by atoms with van der Waals surface area (Å²) in [5, 5.41) is 0. The molecule has 17 heavy (non-hydrogen) atoms. The molecule has 0 saturated heterocycles. The summed E-state index contributed by atoms with van der Waals surface area (Å²) in [6.07, 6.45) is 6.31. The van der Waals surface area contributed by atoms with Crippen molar-refractivity contribution in [1.82, 2.24) is 0 Å². The van der Waals surface area contributed by atoms with Gasteiger partial charge in [0.05, 0.1) is 18.9 Å². The molecule has 1 aromatic heterocycles. The molecule has 0 atom stereocenters. The number of aryl methyl sites for hydroxylation is 3. The standard InChI is InChI=1S/C11H15O.ClHO4/c1-9-7-8-10-5-3-2-4-6-11(10)12-9;2-1(3,4)5/h7-8H,2-6H2,1H3;(H,2,3,4,5)/q+1;/p-1. The van der Waals surface area contributed by atoms with Gasteiger partial charge >= 0.3 is 11.5 Å². The highest BCUT2D eigenvalue weighted by atomic mass is 35.7. The van der Waals surface area contributed by atoms with Crippen LogP contribution in [0.1, 0.15) is 36.3 Å². The molecular weight excluding hydrogens is 248 g/mol. The first kappa shape index (κ1) is 14.3. The minimum Gasteiger partial charge on any atom is -0.222 e. The Morgan fingerprint density at radius 2 is 1.59 bits per heavy atom. The van der Waals surface area contributed by atoms with Crippen LogP contribution in [0.15, 0.2) is 16.5 Å². The predicted octanol–water partition coefficient (Wildman–Crippen LogP) is -1.62. The molecule has 0 radical (unpaired) electrons. The quantitative estimate of drug-likeness (QED) is 0.413. The van der Waals surface area contributed by atoms with E-state index in [1.807, 2.05) is 6.92 Å². The van der Waals surface area contributed by atoms with E-state index < -0.39 is 10.2 Å². The van der Waals surface area contributed by atoms with Gasteiger partial charge < -0.3 is 0 Å². The molecule has 0 bridgehead atoms. The molecule has 6 heteroatoms. The Hall–Kier alpha value is -0.720. The summed E-state index contributed by atoms with van der Waals surface area (Å²) >= 11 is 0. The molecule has 1 aromatic rings. The van der Waals surface area contributed by atoms with Crippen LogP contribution in [0.25, 0.3) is 0 Å². The van der Waals surface area contributed by atoms with Gasteiger partial charge in [0.25, 0.3) is 0 Å². The Labute approximate surface area is 102 Å². The second-order valence-electron chi connectivity index (χ2n) is 3.93. The largest absolute Gasteiger partial charge is 0.332 e. The van der Waals surface area contributed by atoms with Crippen molar-refractivity contribution in [2.24, 2.45) is 0 Å². The number of halogens is 1. The van der Waals surface area contributed by atoms with E-state index in [-0.39, 0.29) is 0 Å². The van der Waals surface area contributed by atoms with E-state index in [2.05, 4.69) is 12.1 Å². The lowest BCUT2D eigenvalue weighted by Gasteiger charge is -2.17. The van der Waals surface area contributed by atoms with Crippen molar-refractivity contribution >= 4 is 0 Å². The lowest BCUT2D eigenvalue weighted by Crippen LogP contribution is -2.68. The molecular formula is C11H15ClO5. The van der Waals surface area contributed by atoms with Crippen LogP contribution < -0.4 is 18.6 Å². The molecule has 0 N–H and O–H groups in total. The maximum Gasteiger partial charge on any atom is 0.332 e. The molecule has 0 amide bonds. The van der Waals surface area contributed by atoms with Crippen molar-refractivity contribution in [3.05, 3.63) is 29.2 Å². The van der Waals surface area contributed by atoms with Crippen LogP contribution in [0.5, 0.6) is 0 Å². The molecule has 0 aliphatic heterocycles. The first-order valence-corrected chi connectivity index (χ1v) is 6.63. The predicted molar refractivity (Wildman–Crippen MR) is 49.1 cm³/mol. The maximum absolute atomic E-state index is 8.49. The number of hydrogen-bond donors (Lipinski definition) is 0. The zero-order chi connectivity index (χ0) is 12.9. The van der Waals surface area contributed by atoms with Crippen LogP contribution in [-0.2, 0) is 12.8 Å². The molecule has 0 saturated carbocycles. The van der Waals surface area contributed by atoms with Gasteiger partial charge in [-0.2, -0.15) is 0 Å². The minimum atomic E-state index is -4.94. The summed E-state index contributed by atoms with van der Waals surface area (Å²) in [4.78, 5) is 0. The van der Waals surface area contributed by atoms with Gasteiger partial charge in [0, 0.05) is 6.07 Å². The van der Waals surface area contributed by atoms with Crippen LogP contribution in [0, 0.1) is 17.2 Å². The second-order valence-corrected chi connectivity index (χ2v) is 4.69. The van der Waals surface area contributed by atoms with Gasteiger partial charge in [0.2, 0.25) is 0 Å². The van der Waals surface area contributed by atoms with Gasteiger partial charge in [0.15, 0.2) is 0 Å². The maximum atomic E-state index is 8.49. The molecule has 5 nitrogen and oxygen atoms in total. The van der Waals surface area contributed by atoms with E-state index in [0.29, 0.717) is 0 Å². The third-order valence-corrected chi connectivity index (χ3v) is 2.51. The summed E-state index contributed by atoms with van der Waals surface area (Å²) in [5.74, 6) is 2.27. The summed E-state index contributed by atoms with van der Waals surface area (Å²) in [7, 11) is -4.94. The fourth-order valence-electron chi connectivity index (χ4n) is 1.82. The van der Waals surface area contributed by atoms with Crippen molar-refractivity contribution in [3.63, 3.8) is 0 Å². The van der Waals surface area contributed by atoms with Gasteiger partial charge in [-0.25, -0.2) is 23.1 Å². The Kier molecular flexibility index (Phi) is 5.30.